The van der Waals surface area contributed by atoms with Crippen LogP contribution in [0.15, 0.2) is 198 Å². The van der Waals surface area contributed by atoms with Crippen LogP contribution in [0.1, 0.15) is 57.3 Å². The Labute approximate surface area is 341 Å². The standard InChI is InChI=1S/C57H35NO/c59-55-43-22-2-1-15-35(43)45-32-44-41-21-8-14-28-51(41)57(48-25-11-5-18-38(48)39-19-6-12-26-49(39)57)53(44)33-54(45)58(55)34-29-30-42-40-20-7-13-27-50(40)56(52(42)31-34)46-23-9-3-16-36(46)37-17-4-10-24-47(37)56/h1-13,15-27,29-33H,14,28H2. The topological polar surface area (TPSA) is 22.0 Å². The second kappa shape index (κ2) is 11.0. The minimum atomic E-state index is -0.511. The molecule has 0 fully saturated rings. The molecule has 9 aromatic rings. The van der Waals surface area contributed by atoms with Crippen LogP contribution < -0.4 is 5.56 Å². The minimum absolute atomic E-state index is 0.00155. The van der Waals surface area contributed by atoms with Gasteiger partial charge in [0.25, 0.3) is 5.56 Å². The second-order valence-electron chi connectivity index (χ2n) is 16.9. The van der Waals surface area contributed by atoms with E-state index < -0.39 is 10.8 Å². The van der Waals surface area contributed by atoms with E-state index in [0.29, 0.717) is 0 Å². The molecule has 0 atom stereocenters. The first-order valence-electron chi connectivity index (χ1n) is 20.9. The van der Waals surface area contributed by atoms with Crippen molar-refractivity contribution < 1.29 is 0 Å². The van der Waals surface area contributed by atoms with Crippen LogP contribution in [0.2, 0.25) is 0 Å². The molecule has 2 heteroatoms. The Kier molecular flexibility index (Phi) is 5.92. The number of nitrogens with zero attached hydrogens (tertiary/aromatic N) is 1. The van der Waals surface area contributed by atoms with Crippen LogP contribution in [0.3, 0.4) is 0 Å². The largest absolute Gasteiger partial charge is 0.276 e. The summed E-state index contributed by atoms with van der Waals surface area (Å²) in [7, 11) is 0. The first-order valence-corrected chi connectivity index (χ1v) is 20.9. The lowest BCUT2D eigenvalue weighted by Crippen LogP contribution is -2.28. The molecule has 0 bridgehead atoms. The molecular weight excluding hydrogens is 715 g/mol. The molecule has 5 aliphatic rings. The van der Waals surface area contributed by atoms with Gasteiger partial charge in [0.1, 0.15) is 0 Å². The quantitative estimate of drug-likeness (QED) is 0.153. The zero-order chi connectivity index (χ0) is 38.6. The second-order valence-corrected chi connectivity index (χ2v) is 16.9. The summed E-state index contributed by atoms with van der Waals surface area (Å²) in [6.45, 7) is 0. The first-order chi connectivity index (χ1) is 29.2. The fraction of sp³-hybridized carbons (Fsp3) is 0.0702. The molecular formula is C57H35NO. The summed E-state index contributed by atoms with van der Waals surface area (Å²) in [5.41, 5.74) is 21.6. The van der Waals surface area contributed by atoms with Crippen molar-refractivity contribution in [2.75, 3.05) is 0 Å². The van der Waals surface area contributed by atoms with Crippen molar-refractivity contribution in [3.05, 3.63) is 249 Å². The molecule has 1 heterocycles. The molecule has 5 aliphatic carbocycles. The van der Waals surface area contributed by atoms with Gasteiger partial charge < -0.3 is 0 Å². The number of benzene rings is 8. The molecule has 274 valence electrons. The summed E-state index contributed by atoms with van der Waals surface area (Å²) in [6, 6.07) is 64.6. The average Bonchev–Trinajstić information content (AvgIpc) is 3.97. The van der Waals surface area contributed by atoms with Crippen LogP contribution in [0.5, 0.6) is 0 Å². The van der Waals surface area contributed by atoms with E-state index in [1.165, 1.54) is 89.0 Å². The highest BCUT2D eigenvalue weighted by molar-refractivity contribution is 6.10. The molecule has 0 radical (unpaired) electrons. The maximum atomic E-state index is 15.4. The normalized spacial score (nSPS) is 16.2. The van der Waals surface area contributed by atoms with Crippen LogP contribution in [0, 0.1) is 0 Å². The molecule has 0 aliphatic heterocycles. The van der Waals surface area contributed by atoms with Gasteiger partial charge in [-0.2, -0.15) is 0 Å². The fourth-order valence-corrected chi connectivity index (χ4v) is 12.5. The Morgan fingerprint density at radius 2 is 0.881 bits per heavy atom. The fourth-order valence-electron chi connectivity index (χ4n) is 12.5. The third-order valence-electron chi connectivity index (χ3n) is 14.5. The Balaban J connectivity index is 1.11. The molecule has 59 heavy (non-hydrogen) atoms. The van der Waals surface area contributed by atoms with Crippen molar-refractivity contribution >= 4 is 27.2 Å². The number of hydrogen-bond donors (Lipinski definition) is 0. The highest BCUT2D eigenvalue weighted by Gasteiger charge is 2.54. The van der Waals surface area contributed by atoms with Crippen LogP contribution in [-0.2, 0) is 10.8 Å². The Bertz CT molecular complexity index is 3430. The highest BCUT2D eigenvalue weighted by Crippen LogP contribution is 2.65. The number of aromatic nitrogens is 1. The molecule has 0 N–H and O–H groups in total. The number of hydrogen-bond acceptors (Lipinski definition) is 1. The van der Waals surface area contributed by atoms with E-state index >= 15 is 4.79 Å². The van der Waals surface area contributed by atoms with E-state index in [9.17, 15) is 0 Å². The van der Waals surface area contributed by atoms with E-state index in [2.05, 4.69) is 176 Å². The molecule has 0 amide bonds. The van der Waals surface area contributed by atoms with Gasteiger partial charge in [0.05, 0.1) is 16.3 Å². The number of rotatable bonds is 1. The van der Waals surface area contributed by atoms with Crippen molar-refractivity contribution in [2.24, 2.45) is 0 Å². The van der Waals surface area contributed by atoms with Gasteiger partial charge in [-0.15, -0.1) is 0 Å². The van der Waals surface area contributed by atoms with E-state index in [1.54, 1.807) is 0 Å². The minimum Gasteiger partial charge on any atom is -0.276 e. The highest BCUT2D eigenvalue weighted by atomic mass is 16.1. The van der Waals surface area contributed by atoms with E-state index in [0.717, 1.165) is 40.2 Å². The number of pyridine rings is 1. The zero-order valence-electron chi connectivity index (χ0n) is 32.2. The van der Waals surface area contributed by atoms with Crippen molar-refractivity contribution in [3.8, 4) is 39.1 Å². The molecule has 2 spiro atoms. The molecule has 0 saturated carbocycles. The summed E-state index contributed by atoms with van der Waals surface area (Å²) in [4.78, 5) is 15.4. The van der Waals surface area contributed by atoms with Gasteiger partial charge in [-0.3, -0.25) is 9.36 Å². The predicted octanol–water partition coefficient (Wildman–Crippen LogP) is 12.9. The number of fused-ring (bicyclic) bond motifs is 22. The lowest BCUT2D eigenvalue weighted by atomic mass is 9.68. The smallest absolute Gasteiger partial charge is 0.263 e. The maximum absolute atomic E-state index is 15.4. The summed E-state index contributed by atoms with van der Waals surface area (Å²) in [5.74, 6) is 0. The van der Waals surface area contributed by atoms with Crippen molar-refractivity contribution in [2.45, 2.75) is 23.7 Å². The molecule has 2 nitrogen and oxygen atoms in total. The Morgan fingerprint density at radius 3 is 1.46 bits per heavy atom. The summed E-state index contributed by atoms with van der Waals surface area (Å²) >= 11 is 0. The maximum Gasteiger partial charge on any atom is 0.263 e. The third-order valence-corrected chi connectivity index (χ3v) is 14.5. The van der Waals surface area contributed by atoms with Crippen LogP contribution >= 0.6 is 0 Å². The number of allylic oxidation sites excluding steroid dienone is 4. The summed E-state index contributed by atoms with van der Waals surface area (Å²) in [6.07, 6.45) is 6.71. The van der Waals surface area contributed by atoms with Crippen molar-refractivity contribution in [3.63, 3.8) is 0 Å². The van der Waals surface area contributed by atoms with Gasteiger partial charge in [-0.1, -0.05) is 158 Å². The lowest BCUT2D eigenvalue weighted by molar-refractivity contribution is 0.714. The zero-order valence-corrected chi connectivity index (χ0v) is 32.2. The van der Waals surface area contributed by atoms with Gasteiger partial charge in [0.2, 0.25) is 0 Å². The SMILES string of the molecule is O=c1c2ccccc2c2cc3c(cc2n1-c1ccc2c(c1)C1(c4ccccc4-c4ccccc41)c1ccccc1-2)C1(C2=C3C=CCC2)c2ccccc2-c2ccccc21. The molecule has 0 unspecified atom stereocenters. The molecule has 0 saturated heterocycles. The third kappa shape index (κ3) is 3.60. The lowest BCUT2D eigenvalue weighted by Gasteiger charge is -2.33. The van der Waals surface area contributed by atoms with Gasteiger partial charge in [0, 0.05) is 16.5 Å². The van der Waals surface area contributed by atoms with Gasteiger partial charge in [-0.25, -0.2) is 0 Å². The Morgan fingerprint density at radius 1 is 0.407 bits per heavy atom. The van der Waals surface area contributed by atoms with Crippen molar-refractivity contribution in [1.29, 1.82) is 0 Å². The average molecular weight is 750 g/mol. The van der Waals surface area contributed by atoms with Crippen LogP contribution in [0.4, 0.5) is 0 Å². The van der Waals surface area contributed by atoms with E-state index in [1.807, 2.05) is 16.7 Å². The Hall–Kier alpha value is -7.29. The van der Waals surface area contributed by atoms with Crippen molar-refractivity contribution in [1.82, 2.24) is 4.57 Å². The van der Waals surface area contributed by atoms with Gasteiger partial charge in [0.15, 0.2) is 0 Å². The molecule has 8 aromatic carbocycles. The monoisotopic (exact) mass is 749 g/mol. The van der Waals surface area contributed by atoms with Crippen LogP contribution in [0.25, 0.3) is 66.3 Å². The predicted molar refractivity (Wildman–Crippen MR) is 240 cm³/mol. The molecule has 1 aromatic heterocycles. The van der Waals surface area contributed by atoms with E-state index in [4.69, 9.17) is 0 Å². The van der Waals surface area contributed by atoms with Crippen LogP contribution in [-0.4, -0.2) is 4.57 Å². The molecule has 14 rings (SSSR count). The summed E-state index contributed by atoms with van der Waals surface area (Å²) < 4.78 is 2.04. The first kappa shape index (κ1) is 31.8. The van der Waals surface area contributed by atoms with Gasteiger partial charge in [-0.05, 0) is 138 Å². The van der Waals surface area contributed by atoms with E-state index in [-0.39, 0.29) is 5.56 Å². The van der Waals surface area contributed by atoms with Gasteiger partial charge >= 0.3 is 0 Å². The summed E-state index contributed by atoms with van der Waals surface area (Å²) in [5, 5.41) is 2.81.